The van der Waals surface area contributed by atoms with Gasteiger partial charge in [-0.3, -0.25) is 0 Å². The summed E-state index contributed by atoms with van der Waals surface area (Å²) < 4.78 is 18.3. The van der Waals surface area contributed by atoms with Crippen molar-refractivity contribution >= 4 is 17.7 Å². The first kappa shape index (κ1) is 11.7. The van der Waals surface area contributed by atoms with Crippen LogP contribution in [0.1, 0.15) is 11.1 Å². The third-order valence-electron chi connectivity index (χ3n) is 1.96. The van der Waals surface area contributed by atoms with Crippen LogP contribution in [0.3, 0.4) is 0 Å². The van der Waals surface area contributed by atoms with Crippen molar-refractivity contribution in [2.24, 2.45) is 4.99 Å². The van der Waals surface area contributed by atoms with Gasteiger partial charge in [0.15, 0.2) is 0 Å². The van der Waals surface area contributed by atoms with Crippen molar-refractivity contribution < 1.29 is 13.9 Å². The Hall–Kier alpha value is -1.38. The second kappa shape index (κ2) is 4.91. The Morgan fingerprint density at radius 2 is 2.33 bits per heavy atom. The van der Waals surface area contributed by atoms with Crippen molar-refractivity contribution in [3.8, 4) is 5.75 Å². The van der Waals surface area contributed by atoms with Gasteiger partial charge in [-0.05, 0) is 18.6 Å². The molecule has 0 aliphatic rings. The van der Waals surface area contributed by atoms with Crippen LogP contribution < -0.4 is 4.74 Å². The van der Waals surface area contributed by atoms with Crippen LogP contribution in [0.15, 0.2) is 11.1 Å². The van der Waals surface area contributed by atoms with Crippen LogP contribution in [0, 0.1) is 12.7 Å². The van der Waals surface area contributed by atoms with E-state index in [9.17, 15) is 9.18 Å². The molecule has 0 amide bonds. The summed E-state index contributed by atoms with van der Waals surface area (Å²) in [5.41, 5.74) is 0.968. The van der Waals surface area contributed by atoms with Crippen LogP contribution in [0.5, 0.6) is 5.75 Å². The number of methoxy groups -OCH3 is 1. The van der Waals surface area contributed by atoms with Gasteiger partial charge in [0.25, 0.3) is 0 Å². The molecule has 0 atom stereocenters. The predicted octanol–water partition coefficient (Wildman–Crippen LogP) is 2.63. The summed E-state index contributed by atoms with van der Waals surface area (Å²) in [4.78, 5) is 13.3. The molecule has 0 bridgehead atoms. The lowest BCUT2D eigenvalue weighted by molar-refractivity contribution is 0.405. The number of ether oxygens (including phenoxy) is 1. The second-order valence-corrected chi connectivity index (χ2v) is 3.29. The topological polar surface area (TPSA) is 38.7 Å². The highest BCUT2D eigenvalue weighted by molar-refractivity contribution is 6.31. The van der Waals surface area contributed by atoms with Gasteiger partial charge in [-0.15, -0.1) is 0 Å². The third-order valence-corrected chi connectivity index (χ3v) is 2.36. The fourth-order valence-electron chi connectivity index (χ4n) is 1.34. The average molecular weight is 230 g/mol. The molecule has 0 heterocycles. The van der Waals surface area contributed by atoms with Gasteiger partial charge in [0.05, 0.1) is 18.7 Å². The summed E-state index contributed by atoms with van der Waals surface area (Å²) >= 11 is 5.74. The molecule has 0 aliphatic carbocycles. The number of hydrogen-bond acceptors (Lipinski definition) is 3. The zero-order chi connectivity index (χ0) is 11.4. The minimum absolute atomic E-state index is 0.0376. The van der Waals surface area contributed by atoms with Gasteiger partial charge in [-0.1, -0.05) is 11.6 Å². The van der Waals surface area contributed by atoms with Crippen molar-refractivity contribution in [2.75, 3.05) is 7.11 Å². The number of carbonyl (C=O) groups excluding carboxylic acids is 1. The van der Waals surface area contributed by atoms with Crippen molar-refractivity contribution in [1.82, 2.24) is 0 Å². The molecule has 5 heteroatoms. The SMILES string of the molecule is COc1c(C)cc(F)c(Cl)c1CN=C=O. The fourth-order valence-corrected chi connectivity index (χ4v) is 1.54. The van der Waals surface area contributed by atoms with E-state index in [1.165, 1.54) is 19.3 Å². The number of nitrogens with zero attached hydrogens (tertiary/aromatic N) is 1. The smallest absolute Gasteiger partial charge is 0.235 e. The van der Waals surface area contributed by atoms with E-state index in [1.807, 2.05) is 0 Å². The Bertz CT molecular complexity index is 428. The van der Waals surface area contributed by atoms with Crippen molar-refractivity contribution in [1.29, 1.82) is 0 Å². The Labute approximate surface area is 91.5 Å². The molecule has 0 unspecified atom stereocenters. The highest BCUT2D eigenvalue weighted by Crippen LogP contribution is 2.32. The van der Waals surface area contributed by atoms with Gasteiger partial charge in [0, 0.05) is 5.56 Å². The summed E-state index contributed by atoms with van der Waals surface area (Å²) in [6.45, 7) is 1.65. The molecule has 0 N–H and O–H groups in total. The molecular weight excluding hydrogens is 221 g/mol. The second-order valence-electron chi connectivity index (χ2n) is 2.91. The van der Waals surface area contributed by atoms with E-state index in [-0.39, 0.29) is 11.6 Å². The van der Waals surface area contributed by atoms with E-state index in [0.29, 0.717) is 16.9 Å². The molecule has 80 valence electrons. The highest BCUT2D eigenvalue weighted by atomic mass is 35.5. The fraction of sp³-hybridized carbons (Fsp3) is 0.300. The molecule has 0 spiro atoms. The van der Waals surface area contributed by atoms with E-state index in [4.69, 9.17) is 16.3 Å². The van der Waals surface area contributed by atoms with Crippen LogP contribution in [0.25, 0.3) is 0 Å². The van der Waals surface area contributed by atoms with E-state index in [0.717, 1.165) is 0 Å². The molecule has 3 nitrogen and oxygen atoms in total. The minimum Gasteiger partial charge on any atom is -0.496 e. The molecule has 1 rings (SSSR count). The van der Waals surface area contributed by atoms with Crippen molar-refractivity contribution in [2.45, 2.75) is 13.5 Å². The number of halogens is 2. The van der Waals surface area contributed by atoms with Crippen LogP contribution in [0.2, 0.25) is 5.02 Å². The zero-order valence-corrected chi connectivity index (χ0v) is 9.06. The molecule has 0 fully saturated rings. The summed E-state index contributed by atoms with van der Waals surface area (Å²) in [6, 6.07) is 1.27. The van der Waals surface area contributed by atoms with Gasteiger partial charge in [-0.2, -0.15) is 0 Å². The Balaban J connectivity index is 3.35. The molecule has 0 saturated carbocycles. The first-order valence-corrected chi connectivity index (χ1v) is 4.54. The molecule has 1 aromatic rings. The molecule has 0 radical (unpaired) electrons. The summed E-state index contributed by atoms with van der Waals surface area (Å²) in [7, 11) is 1.45. The first-order valence-electron chi connectivity index (χ1n) is 4.17. The average Bonchev–Trinajstić information content (AvgIpc) is 2.21. The van der Waals surface area contributed by atoms with Crippen LogP contribution >= 0.6 is 11.6 Å². The van der Waals surface area contributed by atoms with E-state index in [1.54, 1.807) is 6.92 Å². The van der Waals surface area contributed by atoms with Gasteiger partial charge < -0.3 is 4.74 Å². The lowest BCUT2D eigenvalue weighted by Crippen LogP contribution is -1.97. The maximum atomic E-state index is 13.3. The largest absolute Gasteiger partial charge is 0.496 e. The van der Waals surface area contributed by atoms with E-state index >= 15 is 0 Å². The summed E-state index contributed by atoms with van der Waals surface area (Å²) in [5.74, 6) is -0.105. The Morgan fingerprint density at radius 3 is 2.87 bits per heavy atom. The Kier molecular flexibility index (Phi) is 3.83. The molecule has 0 saturated heterocycles. The zero-order valence-electron chi connectivity index (χ0n) is 8.30. The molecule has 15 heavy (non-hydrogen) atoms. The quantitative estimate of drug-likeness (QED) is 0.590. The van der Waals surface area contributed by atoms with Gasteiger partial charge in [-0.25, -0.2) is 14.2 Å². The lowest BCUT2D eigenvalue weighted by Gasteiger charge is -2.11. The summed E-state index contributed by atoms with van der Waals surface area (Å²) in [5, 5.41) is -0.0727. The number of aliphatic imine (C=N–C) groups is 1. The third kappa shape index (κ3) is 2.35. The molecule has 0 aliphatic heterocycles. The van der Waals surface area contributed by atoms with Crippen molar-refractivity contribution in [3.63, 3.8) is 0 Å². The van der Waals surface area contributed by atoms with Crippen molar-refractivity contribution in [3.05, 3.63) is 28.0 Å². The number of rotatable bonds is 3. The molecular formula is C10H9ClFNO2. The summed E-state index contributed by atoms with van der Waals surface area (Å²) in [6.07, 6.45) is 1.37. The molecule has 1 aromatic carbocycles. The van der Waals surface area contributed by atoms with Crippen LogP contribution in [-0.4, -0.2) is 13.2 Å². The number of benzene rings is 1. The highest BCUT2D eigenvalue weighted by Gasteiger charge is 2.15. The van der Waals surface area contributed by atoms with Gasteiger partial charge in [0.1, 0.15) is 11.6 Å². The normalized spacial score (nSPS) is 9.60. The van der Waals surface area contributed by atoms with Gasteiger partial charge >= 0.3 is 0 Å². The standard InChI is InChI=1S/C10H9ClFNO2/c1-6-3-8(12)9(11)7(4-13-5-14)10(6)15-2/h3H,4H2,1-2H3. The van der Waals surface area contributed by atoms with E-state index in [2.05, 4.69) is 4.99 Å². The van der Waals surface area contributed by atoms with Crippen LogP contribution in [-0.2, 0) is 11.3 Å². The monoisotopic (exact) mass is 229 g/mol. The number of hydrogen-bond donors (Lipinski definition) is 0. The first-order chi connectivity index (χ1) is 7.11. The molecule has 0 aromatic heterocycles. The number of aryl methyl sites for hydroxylation is 1. The minimum atomic E-state index is -0.550. The van der Waals surface area contributed by atoms with E-state index < -0.39 is 5.82 Å². The maximum Gasteiger partial charge on any atom is 0.235 e. The maximum absolute atomic E-state index is 13.3. The predicted molar refractivity (Wildman–Crippen MR) is 54.5 cm³/mol. The van der Waals surface area contributed by atoms with Crippen LogP contribution in [0.4, 0.5) is 4.39 Å². The lowest BCUT2D eigenvalue weighted by atomic mass is 10.1. The Morgan fingerprint density at radius 1 is 1.67 bits per heavy atom. The van der Waals surface area contributed by atoms with Gasteiger partial charge in [0.2, 0.25) is 6.08 Å². The number of isocyanates is 1.